The highest BCUT2D eigenvalue weighted by Crippen LogP contribution is 1.93. The molecule has 0 fully saturated rings. The zero-order valence-electron chi connectivity index (χ0n) is 8.23. The molecule has 0 spiro atoms. The Morgan fingerprint density at radius 2 is 1.67 bits per heavy atom. The summed E-state index contributed by atoms with van der Waals surface area (Å²) in [6.07, 6.45) is -1.35. The van der Waals surface area contributed by atoms with Gasteiger partial charge in [0.05, 0.1) is 20.0 Å². The van der Waals surface area contributed by atoms with E-state index in [0.717, 1.165) is 7.11 Å². The van der Waals surface area contributed by atoms with Crippen molar-refractivity contribution in [2.75, 3.05) is 20.3 Å². The summed E-state index contributed by atoms with van der Waals surface area (Å²) in [4.78, 5) is 31.3. The molecule has 7 nitrogen and oxygen atoms in total. The smallest absolute Gasteiger partial charge is 0.481 e. The molecule has 0 aliphatic carbocycles. The van der Waals surface area contributed by atoms with E-state index in [0.29, 0.717) is 0 Å². The summed E-state index contributed by atoms with van der Waals surface area (Å²) >= 11 is 0. The number of hydrogen-bond donors (Lipinski definition) is 1. The minimum atomic E-state index is -1.07. The molecule has 0 aromatic rings. The van der Waals surface area contributed by atoms with Crippen molar-refractivity contribution in [2.45, 2.75) is 12.8 Å². The van der Waals surface area contributed by atoms with Crippen LogP contribution in [-0.4, -0.2) is 43.5 Å². The first-order valence-electron chi connectivity index (χ1n) is 4.14. The van der Waals surface area contributed by atoms with Crippen LogP contribution in [0.3, 0.4) is 0 Å². The lowest BCUT2D eigenvalue weighted by Gasteiger charge is -2.04. The number of carbonyl (C=O) groups is 3. The molecule has 15 heavy (non-hydrogen) atoms. The molecular weight excluding hydrogens is 208 g/mol. The van der Waals surface area contributed by atoms with Crippen LogP contribution < -0.4 is 0 Å². The molecule has 86 valence electrons. The normalized spacial score (nSPS) is 9.13. The van der Waals surface area contributed by atoms with E-state index in [1.54, 1.807) is 0 Å². The SMILES string of the molecule is COC(=O)OCCOC(=O)CCC(=O)O. The Balaban J connectivity index is 3.39. The molecule has 0 saturated heterocycles. The van der Waals surface area contributed by atoms with E-state index in [4.69, 9.17) is 5.11 Å². The first-order valence-corrected chi connectivity index (χ1v) is 4.14. The molecule has 0 saturated carbocycles. The van der Waals surface area contributed by atoms with Gasteiger partial charge < -0.3 is 19.3 Å². The molecule has 0 atom stereocenters. The fourth-order valence-electron chi connectivity index (χ4n) is 0.621. The van der Waals surface area contributed by atoms with Crippen LogP contribution in [0.5, 0.6) is 0 Å². The predicted octanol–water partition coefficient (Wildman–Crippen LogP) is 0.177. The lowest BCUT2D eigenvalue weighted by atomic mass is 10.3. The van der Waals surface area contributed by atoms with Crippen molar-refractivity contribution in [1.82, 2.24) is 0 Å². The maximum absolute atomic E-state index is 10.8. The van der Waals surface area contributed by atoms with E-state index in [2.05, 4.69) is 14.2 Å². The first-order chi connectivity index (χ1) is 7.06. The lowest BCUT2D eigenvalue weighted by Crippen LogP contribution is -2.14. The molecular formula is C8H12O7. The molecule has 1 N–H and O–H groups in total. The summed E-state index contributed by atoms with van der Waals surface area (Å²) in [5.41, 5.74) is 0. The molecule has 0 aliphatic heterocycles. The molecule has 0 bridgehead atoms. The summed E-state index contributed by atoms with van der Waals surface area (Å²) in [6.45, 7) is -0.237. The van der Waals surface area contributed by atoms with Crippen molar-refractivity contribution >= 4 is 18.1 Å². The summed E-state index contributed by atoms with van der Waals surface area (Å²) in [5, 5.41) is 8.24. The fourth-order valence-corrected chi connectivity index (χ4v) is 0.621. The average molecular weight is 220 g/mol. The Hall–Kier alpha value is -1.79. The van der Waals surface area contributed by atoms with Gasteiger partial charge in [-0.25, -0.2) is 4.79 Å². The molecule has 0 aliphatic rings. The van der Waals surface area contributed by atoms with Crippen LogP contribution in [0.4, 0.5) is 4.79 Å². The van der Waals surface area contributed by atoms with Crippen molar-refractivity contribution in [3.63, 3.8) is 0 Å². The number of hydrogen-bond acceptors (Lipinski definition) is 6. The van der Waals surface area contributed by atoms with Gasteiger partial charge >= 0.3 is 18.1 Å². The van der Waals surface area contributed by atoms with Crippen LogP contribution in [-0.2, 0) is 23.8 Å². The second kappa shape index (κ2) is 7.60. The molecule has 0 heterocycles. The molecule has 0 rings (SSSR count). The maximum atomic E-state index is 10.8. The quantitative estimate of drug-likeness (QED) is 0.503. The van der Waals surface area contributed by atoms with E-state index in [1.807, 2.05) is 0 Å². The van der Waals surface area contributed by atoms with E-state index < -0.39 is 18.1 Å². The topological polar surface area (TPSA) is 99.1 Å². The van der Waals surface area contributed by atoms with Crippen molar-refractivity contribution < 1.29 is 33.7 Å². The van der Waals surface area contributed by atoms with Crippen LogP contribution in [0.15, 0.2) is 0 Å². The van der Waals surface area contributed by atoms with Crippen LogP contribution in [0, 0.1) is 0 Å². The number of ether oxygens (including phenoxy) is 3. The van der Waals surface area contributed by atoms with E-state index in [9.17, 15) is 14.4 Å². The van der Waals surface area contributed by atoms with Gasteiger partial charge in [-0.05, 0) is 0 Å². The molecule has 7 heteroatoms. The largest absolute Gasteiger partial charge is 0.508 e. The van der Waals surface area contributed by atoms with Gasteiger partial charge in [-0.15, -0.1) is 0 Å². The molecule has 0 amide bonds. The van der Waals surface area contributed by atoms with Crippen molar-refractivity contribution in [1.29, 1.82) is 0 Å². The Kier molecular flexibility index (Phi) is 6.69. The monoisotopic (exact) mass is 220 g/mol. The Morgan fingerprint density at radius 1 is 1.07 bits per heavy atom. The van der Waals surface area contributed by atoms with Crippen molar-refractivity contribution in [3.05, 3.63) is 0 Å². The summed E-state index contributed by atoms with van der Waals surface area (Å²) in [5.74, 6) is -1.72. The first kappa shape index (κ1) is 13.2. The number of carboxylic acids is 1. The maximum Gasteiger partial charge on any atom is 0.508 e. The average Bonchev–Trinajstić information content (AvgIpc) is 2.21. The van der Waals surface area contributed by atoms with Gasteiger partial charge in [0, 0.05) is 0 Å². The number of esters is 1. The van der Waals surface area contributed by atoms with Gasteiger partial charge in [0.1, 0.15) is 13.2 Å². The van der Waals surface area contributed by atoms with E-state index in [1.165, 1.54) is 0 Å². The number of rotatable bonds is 6. The summed E-state index contributed by atoms with van der Waals surface area (Å²) in [6, 6.07) is 0. The van der Waals surface area contributed by atoms with Crippen LogP contribution in [0.25, 0.3) is 0 Å². The Labute approximate surface area is 85.9 Å². The second-order valence-electron chi connectivity index (χ2n) is 2.42. The lowest BCUT2D eigenvalue weighted by molar-refractivity contribution is -0.148. The van der Waals surface area contributed by atoms with Crippen LogP contribution >= 0.6 is 0 Å². The van der Waals surface area contributed by atoms with Gasteiger partial charge in [0.15, 0.2) is 0 Å². The van der Waals surface area contributed by atoms with Crippen molar-refractivity contribution in [2.24, 2.45) is 0 Å². The summed E-state index contributed by atoms with van der Waals surface area (Å²) < 4.78 is 13.1. The highest BCUT2D eigenvalue weighted by atomic mass is 16.7. The Morgan fingerprint density at radius 3 is 2.20 bits per heavy atom. The fraction of sp³-hybridized carbons (Fsp3) is 0.625. The molecule has 0 radical (unpaired) electrons. The predicted molar refractivity (Wildman–Crippen MR) is 46.2 cm³/mol. The standard InChI is InChI=1S/C8H12O7/c1-13-8(12)15-5-4-14-7(11)3-2-6(9)10/h2-5H2,1H3,(H,9,10). The molecule has 0 unspecified atom stereocenters. The number of carbonyl (C=O) groups excluding carboxylic acids is 2. The van der Waals surface area contributed by atoms with Gasteiger partial charge in [-0.2, -0.15) is 0 Å². The number of aliphatic carboxylic acids is 1. The molecule has 0 aromatic heterocycles. The minimum absolute atomic E-state index is 0.118. The van der Waals surface area contributed by atoms with Gasteiger partial charge in [0.2, 0.25) is 0 Å². The van der Waals surface area contributed by atoms with E-state index in [-0.39, 0.29) is 26.1 Å². The minimum Gasteiger partial charge on any atom is -0.481 e. The van der Waals surface area contributed by atoms with Gasteiger partial charge in [0.25, 0.3) is 0 Å². The third-order valence-electron chi connectivity index (χ3n) is 1.28. The number of carboxylic acid groups (broad SMARTS) is 1. The molecule has 0 aromatic carbocycles. The third-order valence-corrected chi connectivity index (χ3v) is 1.28. The van der Waals surface area contributed by atoms with Crippen molar-refractivity contribution in [3.8, 4) is 0 Å². The van der Waals surface area contributed by atoms with Crippen LogP contribution in [0.2, 0.25) is 0 Å². The second-order valence-corrected chi connectivity index (χ2v) is 2.42. The third kappa shape index (κ3) is 8.54. The zero-order valence-corrected chi connectivity index (χ0v) is 8.23. The Bertz CT molecular complexity index is 235. The highest BCUT2D eigenvalue weighted by molar-refractivity contribution is 5.76. The van der Waals surface area contributed by atoms with Gasteiger partial charge in [-0.1, -0.05) is 0 Å². The van der Waals surface area contributed by atoms with Crippen LogP contribution in [0.1, 0.15) is 12.8 Å². The highest BCUT2D eigenvalue weighted by Gasteiger charge is 2.07. The zero-order chi connectivity index (χ0) is 11.7. The summed E-state index contributed by atoms with van der Waals surface area (Å²) in [7, 11) is 1.15. The van der Waals surface area contributed by atoms with Gasteiger partial charge in [-0.3, -0.25) is 9.59 Å². The number of methoxy groups -OCH3 is 1. The van der Waals surface area contributed by atoms with E-state index >= 15 is 0 Å².